The van der Waals surface area contributed by atoms with E-state index in [1.54, 1.807) is 0 Å². The molecule has 3 N–H and O–H groups in total. The molecule has 0 aliphatic carbocycles. The molecule has 0 radical (unpaired) electrons. The number of sulfone groups is 1. The molecule has 2 aliphatic heterocycles. The fourth-order valence-electron chi connectivity index (χ4n) is 3.14. The van der Waals surface area contributed by atoms with Gasteiger partial charge in [-0.3, -0.25) is 4.99 Å². The highest BCUT2D eigenvalue weighted by Crippen LogP contribution is 2.31. The number of hydrogen-bond acceptors (Lipinski definition) is 4. The molecule has 1 saturated heterocycles. The van der Waals surface area contributed by atoms with Gasteiger partial charge in [-0.25, -0.2) is 8.42 Å². The molecule has 0 amide bonds. The molecule has 2 heterocycles. The van der Waals surface area contributed by atoms with Gasteiger partial charge in [0, 0.05) is 12.0 Å². The lowest BCUT2D eigenvalue weighted by Gasteiger charge is -2.27. The number of hydrogen-bond donors (Lipinski definition) is 2. The molecule has 1 fully saturated rings. The Balaban J connectivity index is 1.64. The second kappa shape index (κ2) is 6.78. The van der Waals surface area contributed by atoms with E-state index in [2.05, 4.69) is 10.3 Å². The number of fused-ring (bicyclic) bond motifs is 1. The quantitative estimate of drug-likeness (QED) is 0.642. The fraction of sp³-hybridized carbons (Fsp3) is 0.562. The zero-order valence-corrected chi connectivity index (χ0v) is 13.9. The van der Waals surface area contributed by atoms with Gasteiger partial charge in [0.25, 0.3) is 0 Å². The van der Waals surface area contributed by atoms with E-state index in [4.69, 9.17) is 10.5 Å². The van der Waals surface area contributed by atoms with Crippen molar-refractivity contribution in [3.8, 4) is 5.75 Å². The minimum Gasteiger partial charge on any atom is -0.493 e. The number of guanidine groups is 1. The summed E-state index contributed by atoms with van der Waals surface area (Å²) < 4.78 is 29.6. The third-order valence-corrected chi connectivity index (χ3v) is 6.72. The summed E-state index contributed by atoms with van der Waals surface area (Å²) in [7, 11) is -3.01. The Morgan fingerprint density at radius 1 is 1.30 bits per heavy atom. The number of rotatable bonds is 3. The summed E-state index contributed by atoms with van der Waals surface area (Å²) in [5.41, 5.74) is 7.03. The van der Waals surface area contributed by atoms with Crippen LogP contribution in [-0.4, -0.2) is 38.5 Å². The molecule has 126 valence electrons. The summed E-state index contributed by atoms with van der Waals surface area (Å²) in [6.45, 7) is 0.866. The molecule has 23 heavy (non-hydrogen) atoms. The zero-order chi connectivity index (χ0) is 16.3. The summed E-state index contributed by atoms with van der Waals surface area (Å²) in [6, 6.07) is 7.89. The molecular weight excluding hydrogens is 314 g/mol. The van der Waals surface area contributed by atoms with Gasteiger partial charge >= 0.3 is 0 Å². The van der Waals surface area contributed by atoms with Crippen LogP contribution in [0.1, 0.15) is 37.3 Å². The highest BCUT2D eigenvalue weighted by atomic mass is 32.2. The molecule has 1 aromatic rings. The van der Waals surface area contributed by atoms with Gasteiger partial charge in [0.05, 0.1) is 30.2 Å². The monoisotopic (exact) mass is 337 g/mol. The average molecular weight is 337 g/mol. The normalized spacial score (nSPS) is 26.9. The lowest BCUT2D eigenvalue weighted by atomic mass is 10.0. The van der Waals surface area contributed by atoms with Crippen molar-refractivity contribution in [3.05, 3.63) is 29.8 Å². The van der Waals surface area contributed by atoms with E-state index in [0.717, 1.165) is 30.6 Å². The Kier molecular flexibility index (Phi) is 4.75. The maximum absolute atomic E-state index is 12.0. The molecular formula is C16H23N3O3S. The van der Waals surface area contributed by atoms with Crippen molar-refractivity contribution in [2.45, 2.75) is 37.0 Å². The van der Waals surface area contributed by atoms with Crippen molar-refractivity contribution >= 4 is 15.8 Å². The van der Waals surface area contributed by atoms with Gasteiger partial charge in [-0.05, 0) is 18.9 Å². The summed E-state index contributed by atoms with van der Waals surface area (Å²) >= 11 is 0. The summed E-state index contributed by atoms with van der Waals surface area (Å²) in [5, 5.41) is 2.80. The summed E-state index contributed by atoms with van der Waals surface area (Å²) in [5.74, 6) is 1.43. The molecule has 6 nitrogen and oxygen atoms in total. The van der Waals surface area contributed by atoms with Crippen LogP contribution in [0, 0.1) is 0 Å². The number of benzene rings is 1. The van der Waals surface area contributed by atoms with Gasteiger partial charge in [-0.15, -0.1) is 0 Å². The molecule has 0 bridgehead atoms. The van der Waals surface area contributed by atoms with Crippen LogP contribution in [0.4, 0.5) is 0 Å². The Labute approximate surface area is 137 Å². The highest BCUT2D eigenvalue weighted by Gasteiger charge is 2.28. The van der Waals surface area contributed by atoms with Crippen molar-refractivity contribution in [3.63, 3.8) is 0 Å². The zero-order valence-electron chi connectivity index (χ0n) is 13.1. The van der Waals surface area contributed by atoms with Crippen LogP contribution in [0.25, 0.3) is 0 Å². The van der Waals surface area contributed by atoms with E-state index in [1.165, 1.54) is 0 Å². The van der Waals surface area contributed by atoms with Gasteiger partial charge < -0.3 is 15.8 Å². The number of aliphatic imine (C=N–C) groups is 1. The van der Waals surface area contributed by atoms with Crippen LogP contribution >= 0.6 is 0 Å². The standard InChI is InChI=1S/C16H23N3O3S/c17-16(18-11-12-5-3-4-10-23(12,20)21)19-14-8-9-22-15-7-2-1-6-13(14)15/h1-2,6-7,12,14H,3-5,8-11H2,(H3,17,18,19). The molecule has 7 heteroatoms. The van der Waals surface area contributed by atoms with E-state index in [-0.39, 0.29) is 18.3 Å². The molecule has 1 aromatic carbocycles. The van der Waals surface area contributed by atoms with E-state index >= 15 is 0 Å². The fourth-order valence-corrected chi connectivity index (χ4v) is 4.91. The molecule has 3 rings (SSSR count). The first-order chi connectivity index (χ1) is 11.1. The minimum atomic E-state index is -3.01. The Morgan fingerprint density at radius 3 is 2.96 bits per heavy atom. The Hall–Kier alpha value is -1.76. The topological polar surface area (TPSA) is 93.8 Å². The van der Waals surface area contributed by atoms with Gasteiger partial charge in [0.15, 0.2) is 15.8 Å². The first-order valence-corrected chi connectivity index (χ1v) is 9.77. The van der Waals surface area contributed by atoms with Crippen molar-refractivity contribution in [1.82, 2.24) is 5.32 Å². The smallest absolute Gasteiger partial charge is 0.189 e. The first-order valence-electron chi connectivity index (χ1n) is 8.06. The van der Waals surface area contributed by atoms with Gasteiger partial charge in [0.2, 0.25) is 0 Å². The number of ether oxygens (including phenoxy) is 1. The van der Waals surface area contributed by atoms with E-state index in [0.29, 0.717) is 19.0 Å². The van der Waals surface area contributed by atoms with Crippen molar-refractivity contribution in [1.29, 1.82) is 0 Å². The van der Waals surface area contributed by atoms with Gasteiger partial charge in [-0.2, -0.15) is 0 Å². The van der Waals surface area contributed by atoms with E-state index in [1.807, 2.05) is 24.3 Å². The lowest BCUT2D eigenvalue weighted by molar-refractivity contribution is 0.262. The number of nitrogens with zero attached hydrogens (tertiary/aromatic N) is 1. The lowest BCUT2D eigenvalue weighted by Crippen LogP contribution is -2.39. The van der Waals surface area contributed by atoms with E-state index < -0.39 is 15.1 Å². The first kappa shape index (κ1) is 16.1. The number of para-hydroxylation sites is 1. The van der Waals surface area contributed by atoms with Crippen molar-refractivity contribution < 1.29 is 13.2 Å². The molecule has 0 saturated carbocycles. The van der Waals surface area contributed by atoms with Crippen LogP contribution in [0.15, 0.2) is 29.3 Å². The van der Waals surface area contributed by atoms with Crippen molar-refractivity contribution in [2.24, 2.45) is 10.7 Å². The van der Waals surface area contributed by atoms with Gasteiger partial charge in [0.1, 0.15) is 5.75 Å². The molecule has 2 unspecified atom stereocenters. The number of nitrogens with two attached hydrogens (primary N) is 1. The third-order valence-electron chi connectivity index (χ3n) is 4.46. The maximum atomic E-state index is 12.0. The summed E-state index contributed by atoms with van der Waals surface area (Å²) in [6.07, 6.45) is 3.18. The van der Waals surface area contributed by atoms with Crippen LogP contribution in [-0.2, 0) is 9.84 Å². The summed E-state index contributed by atoms with van der Waals surface area (Å²) in [4.78, 5) is 4.27. The second-order valence-electron chi connectivity index (χ2n) is 6.08. The average Bonchev–Trinajstić information content (AvgIpc) is 2.54. The van der Waals surface area contributed by atoms with E-state index in [9.17, 15) is 8.42 Å². The molecule has 0 aromatic heterocycles. The SMILES string of the molecule is NC(=NCC1CCCCS1(=O)=O)NC1CCOc2ccccc21. The predicted octanol–water partition coefficient (Wildman–Crippen LogP) is 1.38. The second-order valence-corrected chi connectivity index (χ2v) is 8.48. The molecule has 2 aliphatic rings. The predicted molar refractivity (Wildman–Crippen MR) is 90.3 cm³/mol. The largest absolute Gasteiger partial charge is 0.493 e. The Bertz CT molecular complexity index is 688. The minimum absolute atomic E-state index is 0.0478. The molecule has 2 atom stereocenters. The van der Waals surface area contributed by atoms with Crippen LogP contribution in [0.2, 0.25) is 0 Å². The van der Waals surface area contributed by atoms with Crippen LogP contribution in [0.5, 0.6) is 5.75 Å². The highest BCUT2D eigenvalue weighted by molar-refractivity contribution is 7.92. The van der Waals surface area contributed by atoms with Gasteiger partial charge in [-0.1, -0.05) is 24.6 Å². The number of nitrogens with one attached hydrogen (secondary N) is 1. The maximum Gasteiger partial charge on any atom is 0.189 e. The Morgan fingerprint density at radius 2 is 2.13 bits per heavy atom. The molecule has 0 spiro atoms. The van der Waals surface area contributed by atoms with Crippen LogP contribution in [0.3, 0.4) is 0 Å². The third kappa shape index (κ3) is 3.77. The van der Waals surface area contributed by atoms with Crippen LogP contribution < -0.4 is 15.8 Å². The van der Waals surface area contributed by atoms with Crippen molar-refractivity contribution in [2.75, 3.05) is 18.9 Å².